The molecule has 0 amide bonds. The fourth-order valence-corrected chi connectivity index (χ4v) is 4.16. The summed E-state index contributed by atoms with van der Waals surface area (Å²) in [5.74, 6) is -0.110. The Morgan fingerprint density at radius 1 is 1.08 bits per heavy atom. The Balaban J connectivity index is 0.00000264. The molecule has 2 N–H and O–H groups in total. The number of piperazine rings is 1. The van der Waals surface area contributed by atoms with Gasteiger partial charge in [0.25, 0.3) is 0 Å². The molecule has 24 heavy (non-hydrogen) atoms. The summed E-state index contributed by atoms with van der Waals surface area (Å²) in [5, 5.41) is 4.17. The lowest BCUT2D eigenvalue weighted by Gasteiger charge is -2.27. The molecule has 0 aromatic heterocycles. The topological polar surface area (TPSA) is 61.4 Å². The van der Waals surface area contributed by atoms with Gasteiger partial charge in [-0.3, -0.25) is 0 Å². The Morgan fingerprint density at radius 3 is 2.25 bits per heavy atom. The normalized spacial score (nSPS) is 15.4. The molecule has 0 unspecified atom stereocenters. The van der Waals surface area contributed by atoms with Gasteiger partial charge in [-0.05, 0) is 36.7 Å². The number of hydrogen-bond donors (Lipinski definition) is 2. The third kappa shape index (κ3) is 9.06. The summed E-state index contributed by atoms with van der Waals surface area (Å²) < 4.78 is 26.7. The van der Waals surface area contributed by atoms with E-state index in [-0.39, 0.29) is 30.6 Å². The Labute approximate surface area is 166 Å². The quantitative estimate of drug-likeness (QED) is 0.642. The van der Waals surface area contributed by atoms with Crippen LogP contribution in [-0.2, 0) is 15.8 Å². The predicted octanol–water partition coefficient (Wildman–Crippen LogP) is 2.55. The molecule has 0 radical (unpaired) electrons. The fraction of sp³-hybridized carbons (Fsp3) is 0.571. The maximum Gasteiger partial charge on any atom is 0.215 e. The van der Waals surface area contributed by atoms with E-state index in [0.29, 0.717) is 22.2 Å². The lowest BCUT2D eigenvalue weighted by Crippen LogP contribution is -2.44. The van der Waals surface area contributed by atoms with Gasteiger partial charge in [0.15, 0.2) is 0 Å². The van der Waals surface area contributed by atoms with E-state index in [1.807, 2.05) is 0 Å². The van der Waals surface area contributed by atoms with E-state index in [0.717, 1.165) is 39.1 Å². The van der Waals surface area contributed by atoms with Crippen LogP contribution in [0.4, 0.5) is 0 Å². The Kier molecular flexibility index (Phi) is 11.9. The number of rotatable bonds is 7. The first-order chi connectivity index (χ1) is 10.4. The van der Waals surface area contributed by atoms with Gasteiger partial charge in [0.05, 0.1) is 5.75 Å². The zero-order valence-corrected chi connectivity index (χ0v) is 17.1. The second kappa shape index (κ2) is 11.8. The van der Waals surface area contributed by atoms with Gasteiger partial charge in [0.1, 0.15) is 0 Å². The molecule has 140 valence electrons. The predicted molar refractivity (Wildman–Crippen MR) is 106 cm³/mol. The molecule has 1 aromatic rings. The van der Waals surface area contributed by atoms with Gasteiger partial charge in [-0.25, -0.2) is 13.1 Å². The number of sulfonamides is 1. The largest absolute Gasteiger partial charge is 0.314 e. The molecule has 2 rings (SSSR count). The molecule has 5 nitrogen and oxygen atoms in total. The highest BCUT2D eigenvalue weighted by molar-refractivity contribution is 7.88. The lowest BCUT2D eigenvalue weighted by molar-refractivity contribution is 0.239. The minimum Gasteiger partial charge on any atom is -0.314 e. The van der Waals surface area contributed by atoms with E-state index in [4.69, 9.17) is 23.2 Å². The van der Waals surface area contributed by atoms with Crippen molar-refractivity contribution in [2.24, 2.45) is 0 Å². The van der Waals surface area contributed by atoms with Crippen LogP contribution in [0.3, 0.4) is 0 Å². The van der Waals surface area contributed by atoms with Crippen LogP contribution in [0.2, 0.25) is 10.0 Å². The van der Waals surface area contributed by atoms with E-state index in [9.17, 15) is 8.42 Å². The maximum atomic E-state index is 12.1. The second-order valence-electron chi connectivity index (χ2n) is 5.38. The van der Waals surface area contributed by atoms with E-state index in [2.05, 4.69) is 14.9 Å². The van der Waals surface area contributed by atoms with Crippen molar-refractivity contribution in [3.05, 3.63) is 33.8 Å². The summed E-state index contributed by atoms with van der Waals surface area (Å²) in [6.45, 7) is 5.40. The molecule has 10 heteroatoms. The van der Waals surface area contributed by atoms with Crippen LogP contribution < -0.4 is 10.0 Å². The molecule has 1 saturated heterocycles. The van der Waals surface area contributed by atoms with Gasteiger partial charge in [-0.1, -0.05) is 23.2 Å². The molecular weight excluding hydrogens is 416 g/mol. The summed E-state index contributed by atoms with van der Waals surface area (Å²) in [5.41, 5.74) is 0.590. The van der Waals surface area contributed by atoms with Gasteiger partial charge < -0.3 is 10.2 Å². The highest BCUT2D eigenvalue weighted by Crippen LogP contribution is 2.20. The number of benzene rings is 1. The van der Waals surface area contributed by atoms with Crippen LogP contribution in [-0.4, -0.2) is 52.6 Å². The van der Waals surface area contributed by atoms with Crippen LogP contribution in [0.25, 0.3) is 0 Å². The van der Waals surface area contributed by atoms with Crippen LogP contribution >= 0.6 is 48.0 Å². The molecule has 1 aromatic carbocycles. The molecule has 0 atom stereocenters. The van der Waals surface area contributed by atoms with Gasteiger partial charge >= 0.3 is 0 Å². The molecule has 1 aliphatic heterocycles. The highest BCUT2D eigenvalue weighted by atomic mass is 35.5. The van der Waals surface area contributed by atoms with Crippen molar-refractivity contribution in [1.29, 1.82) is 0 Å². The van der Waals surface area contributed by atoms with Crippen molar-refractivity contribution in [1.82, 2.24) is 14.9 Å². The Hall–Kier alpha value is 0.210. The molecule has 1 heterocycles. The van der Waals surface area contributed by atoms with E-state index < -0.39 is 10.0 Å². The molecule has 0 spiro atoms. The SMILES string of the molecule is Cl.Cl.O=S(=O)(Cc1cc(Cl)cc(Cl)c1)NCCCN1CCNCC1. The van der Waals surface area contributed by atoms with Crippen LogP contribution in [0.15, 0.2) is 18.2 Å². The maximum absolute atomic E-state index is 12.1. The summed E-state index contributed by atoms with van der Waals surface area (Å²) in [4.78, 5) is 2.33. The average molecular weight is 439 g/mol. The number of halogens is 4. The third-order valence-electron chi connectivity index (χ3n) is 3.46. The zero-order valence-electron chi connectivity index (χ0n) is 13.1. The molecular formula is C14H23Cl4N3O2S. The Morgan fingerprint density at radius 2 is 1.67 bits per heavy atom. The standard InChI is InChI=1S/C14H21Cl2N3O2S.2ClH/c15-13-8-12(9-14(16)10-13)11-22(20,21)18-2-1-5-19-6-3-17-4-7-19;;/h8-10,17-18H,1-7,11H2;2*1H. The van der Waals surface area contributed by atoms with Crippen molar-refractivity contribution in [2.45, 2.75) is 12.2 Å². The first-order valence-corrected chi connectivity index (χ1v) is 9.71. The number of hydrogen-bond acceptors (Lipinski definition) is 4. The van der Waals surface area contributed by atoms with Crippen LogP contribution in [0.5, 0.6) is 0 Å². The minimum atomic E-state index is -3.37. The third-order valence-corrected chi connectivity index (χ3v) is 5.26. The first-order valence-electron chi connectivity index (χ1n) is 7.30. The summed E-state index contributed by atoms with van der Waals surface area (Å²) in [6, 6.07) is 4.82. The van der Waals surface area contributed by atoms with Crippen molar-refractivity contribution >= 4 is 58.0 Å². The van der Waals surface area contributed by atoms with Crippen LogP contribution in [0, 0.1) is 0 Å². The molecule has 0 bridgehead atoms. The molecule has 1 aliphatic rings. The van der Waals surface area contributed by atoms with E-state index >= 15 is 0 Å². The van der Waals surface area contributed by atoms with Crippen molar-refractivity contribution in [3.8, 4) is 0 Å². The minimum absolute atomic E-state index is 0. The lowest BCUT2D eigenvalue weighted by atomic mass is 10.2. The van der Waals surface area contributed by atoms with Gasteiger partial charge in [0, 0.05) is 42.8 Å². The number of nitrogens with one attached hydrogen (secondary N) is 2. The average Bonchev–Trinajstić information content (AvgIpc) is 2.43. The highest BCUT2D eigenvalue weighted by Gasteiger charge is 2.13. The van der Waals surface area contributed by atoms with E-state index in [1.54, 1.807) is 18.2 Å². The molecule has 1 fully saturated rings. The van der Waals surface area contributed by atoms with Crippen LogP contribution in [0.1, 0.15) is 12.0 Å². The van der Waals surface area contributed by atoms with Crippen molar-refractivity contribution in [2.75, 3.05) is 39.3 Å². The molecule has 0 aliphatic carbocycles. The summed E-state index contributed by atoms with van der Waals surface area (Å²) in [6.07, 6.45) is 0.801. The zero-order chi connectivity index (χ0) is 16.0. The number of nitrogens with zero attached hydrogens (tertiary/aromatic N) is 1. The summed E-state index contributed by atoms with van der Waals surface area (Å²) >= 11 is 11.8. The van der Waals surface area contributed by atoms with Crippen molar-refractivity contribution in [3.63, 3.8) is 0 Å². The second-order valence-corrected chi connectivity index (χ2v) is 8.06. The fourth-order valence-electron chi connectivity index (χ4n) is 2.43. The van der Waals surface area contributed by atoms with Crippen molar-refractivity contribution < 1.29 is 8.42 Å². The smallest absolute Gasteiger partial charge is 0.215 e. The monoisotopic (exact) mass is 437 g/mol. The summed E-state index contributed by atoms with van der Waals surface area (Å²) in [7, 11) is -3.37. The van der Waals surface area contributed by atoms with Gasteiger partial charge in [-0.2, -0.15) is 0 Å². The Bertz CT molecular complexity index is 575. The van der Waals surface area contributed by atoms with Gasteiger partial charge in [0.2, 0.25) is 10.0 Å². The van der Waals surface area contributed by atoms with E-state index in [1.165, 1.54) is 0 Å². The first kappa shape index (κ1) is 24.2. The molecule has 0 saturated carbocycles. The van der Waals surface area contributed by atoms with Gasteiger partial charge in [-0.15, -0.1) is 24.8 Å².